The van der Waals surface area contributed by atoms with Gasteiger partial charge in [-0.15, -0.1) is 0 Å². The molecule has 0 aromatic carbocycles. The number of methoxy groups -OCH3 is 1. The quantitative estimate of drug-likeness (QED) is 0.801. The minimum Gasteiger partial charge on any atom is -0.379 e. The Kier molecular flexibility index (Phi) is 4.74. The van der Waals surface area contributed by atoms with E-state index in [1.165, 1.54) is 0 Å². The Bertz CT molecular complexity index is 535. The lowest BCUT2D eigenvalue weighted by atomic mass is 10.0. The van der Waals surface area contributed by atoms with E-state index in [1.807, 2.05) is 0 Å². The Morgan fingerprint density at radius 2 is 2.29 bits per heavy atom. The molecule has 7 nitrogen and oxygen atoms in total. The summed E-state index contributed by atoms with van der Waals surface area (Å²) in [4.78, 5) is 29.5. The highest BCUT2D eigenvalue weighted by Crippen LogP contribution is 2.25. The number of carbonyl (C=O) groups excluding carboxylic acids is 2. The van der Waals surface area contributed by atoms with Gasteiger partial charge in [0, 0.05) is 45.8 Å². The number of nitrogens with zero attached hydrogens (tertiary/aromatic N) is 2. The number of primary amides is 1. The molecule has 7 heteroatoms. The Morgan fingerprint density at radius 3 is 2.90 bits per heavy atom. The summed E-state index contributed by atoms with van der Waals surface area (Å²) in [6, 6.07) is 3.45. The van der Waals surface area contributed by atoms with Gasteiger partial charge >= 0.3 is 0 Å². The Balaban J connectivity index is 2.15. The highest BCUT2D eigenvalue weighted by molar-refractivity contribution is 5.98. The maximum absolute atomic E-state index is 12.6. The van der Waals surface area contributed by atoms with Crippen LogP contribution in [0.1, 0.15) is 16.8 Å². The summed E-state index contributed by atoms with van der Waals surface area (Å²) in [5.41, 5.74) is 5.76. The first-order chi connectivity index (χ1) is 10.1. The predicted molar refractivity (Wildman–Crippen MR) is 77.8 cm³/mol. The maximum atomic E-state index is 12.6. The zero-order valence-electron chi connectivity index (χ0n) is 12.2. The molecular formula is C14H20N4O3. The first kappa shape index (κ1) is 15.2. The van der Waals surface area contributed by atoms with Gasteiger partial charge in [-0.05, 0) is 12.1 Å². The van der Waals surface area contributed by atoms with E-state index in [4.69, 9.17) is 10.5 Å². The van der Waals surface area contributed by atoms with Gasteiger partial charge in [0.25, 0.3) is 5.91 Å². The highest BCUT2D eigenvalue weighted by atomic mass is 16.5. The molecule has 2 heterocycles. The topological polar surface area (TPSA) is 97.5 Å². The molecule has 2 atom stereocenters. The molecule has 2 amide bonds. The first-order valence-corrected chi connectivity index (χ1v) is 6.80. The second-order valence-corrected chi connectivity index (χ2v) is 5.06. The number of carbonyl (C=O) groups is 2. The molecule has 1 aromatic rings. The van der Waals surface area contributed by atoms with Gasteiger partial charge in [0.1, 0.15) is 5.82 Å². The number of ether oxygens (including phenoxy) is 1. The third-order valence-electron chi connectivity index (χ3n) is 3.71. The average molecular weight is 292 g/mol. The number of aromatic nitrogens is 1. The Morgan fingerprint density at radius 1 is 1.52 bits per heavy atom. The van der Waals surface area contributed by atoms with Crippen LogP contribution in [0.2, 0.25) is 0 Å². The highest BCUT2D eigenvalue weighted by Gasteiger charge is 2.37. The molecule has 1 aliphatic heterocycles. The molecule has 0 spiro atoms. The normalized spacial score (nSPS) is 21.3. The van der Waals surface area contributed by atoms with Crippen molar-refractivity contribution in [2.75, 3.05) is 32.6 Å². The third-order valence-corrected chi connectivity index (χ3v) is 3.71. The number of hydrogen-bond donors (Lipinski definition) is 2. The van der Waals surface area contributed by atoms with Gasteiger partial charge in [0.2, 0.25) is 5.91 Å². The van der Waals surface area contributed by atoms with Crippen LogP contribution >= 0.6 is 0 Å². The molecule has 0 radical (unpaired) electrons. The smallest absolute Gasteiger partial charge is 0.257 e. The molecule has 0 bridgehead atoms. The van der Waals surface area contributed by atoms with Crippen LogP contribution in [0.15, 0.2) is 18.3 Å². The number of pyridine rings is 1. The Labute approximate surface area is 123 Å². The molecule has 21 heavy (non-hydrogen) atoms. The minimum absolute atomic E-state index is 0.0637. The van der Waals surface area contributed by atoms with E-state index < -0.39 is 0 Å². The minimum atomic E-state index is -0.381. The molecule has 3 N–H and O–H groups in total. The molecular weight excluding hydrogens is 272 g/mol. The van der Waals surface area contributed by atoms with E-state index in [9.17, 15) is 9.59 Å². The SMILES string of the molecule is CNc1ncccc1C(=O)N1C[C@H](CC(N)=O)[C@@H](OC)C1. The molecule has 0 aliphatic carbocycles. The van der Waals surface area contributed by atoms with Crippen LogP contribution in [0.4, 0.5) is 5.82 Å². The van der Waals surface area contributed by atoms with Crippen LogP contribution in [0.5, 0.6) is 0 Å². The van der Waals surface area contributed by atoms with E-state index in [1.54, 1.807) is 37.4 Å². The van der Waals surface area contributed by atoms with Crippen molar-refractivity contribution in [3.63, 3.8) is 0 Å². The lowest BCUT2D eigenvalue weighted by Crippen LogP contribution is -2.30. The van der Waals surface area contributed by atoms with E-state index in [0.29, 0.717) is 24.5 Å². The number of amides is 2. The Hall–Kier alpha value is -2.15. The fourth-order valence-corrected chi connectivity index (χ4v) is 2.68. The van der Waals surface area contributed by atoms with Gasteiger partial charge in [-0.3, -0.25) is 9.59 Å². The largest absolute Gasteiger partial charge is 0.379 e. The van der Waals surface area contributed by atoms with Crippen LogP contribution in [0.3, 0.4) is 0 Å². The van der Waals surface area contributed by atoms with Gasteiger partial charge in [0.05, 0.1) is 11.7 Å². The standard InChI is InChI=1S/C14H20N4O3/c1-16-13-10(4-3-5-17-13)14(20)18-7-9(6-12(15)19)11(8-18)21-2/h3-5,9,11H,6-8H2,1-2H3,(H2,15,19)(H,16,17)/t9-,11-/m0/s1. The average Bonchev–Trinajstić information content (AvgIpc) is 2.88. The molecule has 2 rings (SSSR count). The molecule has 0 unspecified atom stereocenters. The van der Waals surface area contributed by atoms with Gasteiger partial charge in [-0.25, -0.2) is 4.98 Å². The van der Waals surface area contributed by atoms with E-state index >= 15 is 0 Å². The summed E-state index contributed by atoms with van der Waals surface area (Å²) >= 11 is 0. The summed E-state index contributed by atoms with van der Waals surface area (Å²) in [6.07, 6.45) is 1.67. The first-order valence-electron chi connectivity index (χ1n) is 6.80. The monoisotopic (exact) mass is 292 g/mol. The van der Waals surface area contributed by atoms with Gasteiger partial charge in [0.15, 0.2) is 0 Å². The second-order valence-electron chi connectivity index (χ2n) is 5.06. The second kappa shape index (κ2) is 6.53. The van der Waals surface area contributed by atoms with Crippen LogP contribution in [-0.4, -0.2) is 55.0 Å². The van der Waals surface area contributed by atoms with Gasteiger partial charge < -0.3 is 20.7 Å². The lowest BCUT2D eigenvalue weighted by molar-refractivity contribution is -0.119. The van der Waals surface area contributed by atoms with E-state index in [2.05, 4.69) is 10.3 Å². The zero-order chi connectivity index (χ0) is 15.4. The van der Waals surface area contributed by atoms with Crippen molar-refractivity contribution in [2.45, 2.75) is 12.5 Å². The summed E-state index contributed by atoms with van der Waals surface area (Å²) in [6.45, 7) is 0.906. The van der Waals surface area contributed by atoms with Crippen LogP contribution in [-0.2, 0) is 9.53 Å². The van der Waals surface area contributed by atoms with Crippen molar-refractivity contribution in [2.24, 2.45) is 11.7 Å². The van der Waals surface area contributed by atoms with Crippen molar-refractivity contribution in [3.8, 4) is 0 Å². The molecule has 1 aliphatic rings. The van der Waals surface area contributed by atoms with E-state index in [0.717, 1.165) is 0 Å². The third kappa shape index (κ3) is 3.30. The van der Waals surface area contributed by atoms with Crippen molar-refractivity contribution >= 4 is 17.6 Å². The number of hydrogen-bond acceptors (Lipinski definition) is 5. The molecule has 1 saturated heterocycles. The van der Waals surface area contributed by atoms with Gasteiger partial charge in [-0.1, -0.05) is 0 Å². The van der Waals surface area contributed by atoms with Crippen molar-refractivity contribution in [3.05, 3.63) is 23.9 Å². The fourth-order valence-electron chi connectivity index (χ4n) is 2.68. The van der Waals surface area contributed by atoms with Crippen molar-refractivity contribution in [1.82, 2.24) is 9.88 Å². The molecule has 1 aromatic heterocycles. The lowest BCUT2D eigenvalue weighted by Gasteiger charge is -2.17. The molecule has 114 valence electrons. The summed E-state index contributed by atoms with van der Waals surface area (Å²) in [5, 5.41) is 2.90. The number of nitrogens with one attached hydrogen (secondary N) is 1. The number of nitrogens with two attached hydrogens (primary N) is 1. The number of likely N-dealkylation sites (tertiary alicyclic amines) is 1. The molecule has 1 fully saturated rings. The summed E-state index contributed by atoms with van der Waals surface area (Å²) < 4.78 is 5.36. The maximum Gasteiger partial charge on any atom is 0.257 e. The van der Waals surface area contributed by atoms with Gasteiger partial charge in [-0.2, -0.15) is 0 Å². The van der Waals surface area contributed by atoms with Crippen molar-refractivity contribution in [1.29, 1.82) is 0 Å². The summed E-state index contributed by atoms with van der Waals surface area (Å²) in [5.74, 6) is -0.0314. The predicted octanol–water partition coefficient (Wildman–Crippen LogP) is 0.0857. The molecule has 0 saturated carbocycles. The van der Waals surface area contributed by atoms with Crippen molar-refractivity contribution < 1.29 is 14.3 Å². The zero-order valence-corrected chi connectivity index (χ0v) is 12.2. The number of rotatable bonds is 5. The van der Waals surface area contributed by atoms with Crippen LogP contribution < -0.4 is 11.1 Å². The van der Waals surface area contributed by atoms with E-state index in [-0.39, 0.29) is 30.3 Å². The number of anilines is 1. The summed E-state index contributed by atoms with van der Waals surface area (Å²) in [7, 11) is 3.30. The van der Waals surface area contributed by atoms with Crippen LogP contribution in [0, 0.1) is 5.92 Å². The fraction of sp³-hybridized carbons (Fsp3) is 0.500. The van der Waals surface area contributed by atoms with Crippen LogP contribution in [0.25, 0.3) is 0 Å².